The predicted molar refractivity (Wildman–Crippen MR) is 98.3 cm³/mol. The smallest absolute Gasteiger partial charge is 0.269 e. The van der Waals surface area contributed by atoms with Crippen LogP contribution < -0.4 is 10.1 Å². The average Bonchev–Trinajstić information content (AvgIpc) is 3.35. The highest BCUT2D eigenvalue weighted by Gasteiger charge is 2.13. The molecule has 1 aromatic carbocycles. The molecule has 9 nitrogen and oxygen atoms in total. The van der Waals surface area contributed by atoms with Gasteiger partial charge in [-0.05, 0) is 42.7 Å². The van der Waals surface area contributed by atoms with Crippen LogP contribution in [0, 0.1) is 6.92 Å². The molecule has 1 amide bonds. The number of hydrogen-bond donors (Lipinski definition) is 1. The molecule has 0 aliphatic rings. The fraction of sp³-hybridized carbons (Fsp3) is 0.0588. The van der Waals surface area contributed by atoms with Gasteiger partial charge in [0.05, 0.1) is 5.69 Å². The average molecular weight is 379 g/mol. The maximum absolute atomic E-state index is 12.2. The molecule has 0 bridgehead atoms. The van der Waals surface area contributed by atoms with Gasteiger partial charge < -0.3 is 10.1 Å². The van der Waals surface area contributed by atoms with Gasteiger partial charge in [-0.25, -0.2) is 15.0 Å². The maximum atomic E-state index is 12.2. The quantitative estimate of drug-likeness (QED) is 0.568. The van der Waals surface area contributed by atoms with Gasteiger partial charge in [0.15, 0.2) is 0 Å². The molecule has 0 saturated carbocycles. The standard InChI is InChI=1S/C17H13N7O2S/c1-11-16(27-23-22-11)17(25)21-12-2-4-13(5-3-12)26-15-8-14(19-9-20-15)24-7-6-18-10-24/h2-10H,1H3,(H,21,25). The number of aryl methyl sites for hydroxylation is 1. The molecule has 1 N–H and O–H groups in total. The Hall–Kier alpha value is -3.66. The van der Waals surface area contributed by atoms with E-state index in [0.717, 1.165) is 11.5 Å². The van der Waals surface area contributed by atoms with Crippen LogP contribution in [0.25, 0.3) is 5.82 Å². The van der Waals surface area contributed by atoms with Gasteiger partial charge in [-0.3, -0.25) is 9.36 Å². The molecule has 10 heteroatoms. The lowest BCUT2D eigenvalue weighted by atomic mass is 10.3. The van der Waals surface area contributed by atoms with E-state index in [-0.39, 0.29) is 5.91 Å². The molecule has 0 saturated heterocycles. The molecule has 0 atom stereocenters. The Balaban J connectivity index is 1.45. The lowest BCUT2D eigenvalue weighted by Gasteiger charge is -2.08. The zero-order valence-corrected chi connectivity index (χ0v) is 14.9. The predicted octanol–water partition coefficient (Wildman–Crippen LogP) is 2.87. The molecular formula is C17H13N7O2S. The number of aromatic nitrogens is 6. The summed E-state index contributed by atoms with van der Waals surface area (Å²) in [5.74, 6) is 1.39. The van der Waals surface area contributed by atoms with Crippen LogP contribution in [0.3, 0.4) is 0 Å². The van der Waals surface area contributed by atoms with Gasteiger partial charge >= 0.3 is 0 Å². The number of hydrogen-bond acceptors (Lipinski definition) is 8. The summed E-state index contributed by atoms with van der Waals surface area (Å²) in [6.07, 6.45) is 6.51. The van der Waals surface area contributed by atoms with E-state index < -0.39 is 0 Å². The third kappa shape index (κ3) is 3.80. The van der Waals surface area contributed by atoms with E-state index >= 15 is 0 Å². The number of rotatable bonds is 5. The summed E-state index contributed by atoms with van der Waals surface area (Å²) in [6, 6.07) is 8.68. The maximum Gasteiger partial charge on any atom is 0.269 e. The van der Waals surface area contributed by atoms with E-state index in [1.807, 2.05) is 0 Å². The molecule has 27 heavy (non-hydrogen) atoms. The summed E-state index contributed by atoms with van der Waals surface area (Å²) in [4.78, 5) is 25.0. The molecule has 134 valence electrons. The molecule has 3 aromatic heterocycles. The van der Waals surface area contributed by atoms with Crippen LogP contribution in [-0.4, -0.2) is 35.0 Å². The number of nitrogens with zero attached hydrogens (tertiary/aromatic N) is 6. The van der Waals surface area contributed by atoms with Crippen molar-refractivity contribution in [3.63, 3.8) is 0 Å². The van der Waals surface area contributed by atoms with Crippen molar-refractivity contribution in [1.29, 1.82) is 0 Å². The summed E-state index contributed by atoms with van der Waals surface area (Å²) in [7, 11) is 0. The van der Waals surface area contributed by atoms with Crippen molar-refractivity contribution >= 4 is 23.1 Å². The first-order chi connectivity index (χ1) is 13.2. The fourth-order valence-corrected chi connectivity index (χ4v) is 2.83. The minimum absolute atomic E-state index is 0.239. The summed E-state index contributed by atoms with van der Waals surface area (Å²) >= 11 is 1.06. The van der Waals surface area contributed by atoms with Crippen molar-refractivity contribution in [3.05, 3.63) is 66.0 Å². The molecule has 0 aliphatic carbocycles. The number of carbonyl (C=O) groups excluding carboxylic acids is 1. The van der Waals surface area contributed by atoms with Crippen LogP contribution in [0.2, 0.25) is 0 Å². The number of imidazole rings is 1. The van der Waals surface area contributed by atoms with Crippen molar-refractivity contribution in [2.24, 2.45) is 0 Å². The minimum atomic E-state index is -0.239. The summed E-state index contributed by atoms with van der Waals surface area (Å²) in [6.45, 7) is 1.75. The number of ether oxygens (including phenoxy) is 1. The van der Waals surface area contributed by atoms with Crippen LogP contribution in [0.15, 0.2) is 55.4 Å². The van der Waals surface area contributed by atoms with Gasteiger partial charge in [-0.1, -0.05) is 4.49 Å². The minimum Gasteiger partial charge on any atom is -0.439 e. The highest BCUT2D eigenvalue weighted by Crippen LogP contribution is 2.23. The Bertz CT molecular complexity index is 1060. The van der Waals surface area contributed by atoms with E-state index in [4.69, 9.17) is 4.74 Å². The molecular weight excluding hydrogens is 366 g/mol. The largest absolute Gasteiger partial charge is 0.439 e. The molecule has 0 fully saturated rings. The number of carbonyl (C=O) groups is 1. The highest BCUT2D eigenvalue weighted by molar-refractivity contribution is 7.08. The molecule has 3 heterocycles. The summed E-state index contributed by atoms with van der Waals surface area (Å²) in [5.41, 5.74) is 1.25. The number of nitrogens with one attached hydrogen (secondary N) is 1. The first kappa shape index (κ1) is 16.8. The Morgan fingerprint density at radius 3 is 2.78 bits per heavy atom. The normalized spacial score (nSPS) is 10.6. The summed E-state index contributed by atoms with van der Waals surface area (Å²) < 4.78 is 11.3. The van der Waals surface area contributed by atoms with Gasteiger partial charge in [-0.2, -0.15) is 0 Å². The van der Waals surface area contributed by atoms with E-state index in [9.17, 15) is 4.79 Å². The lowest BCUT2D eigenvalue weighted by molar-refractivity contribution is 0.103. The Morgan fingerprint density at radius 2 is 2.07 bits per heavy atom. The van der Waals surface area contributed by atoms with Crippen LogP contribution in [0.5, 0.6) is 11.6 Å². The van der Waals surface area contributed by atoms with Gasteiger partial charge in [0.25, 0.3) is 5.91 Å². The van der Waals surface area contributed by atoms with Crippen molar-refractivity contribution in [3.8, 4) is 17.4 Å². The molecule has 0 spiro atoms. The van der Waals surface area contributed by atoms with Crippen LogP contribution in [0.4, 0.5) is 5.69 Å². The van der Waals surface area contributed by atoms with E-state index in [2.05, 4.69) is 29.9 Å². The first-order valence-corrected chi connectivity index (χ1v) is 8.65. The Labute approximate surface area is 157 Å². The van der Waals surface area contributed by atoms with Gasteiger partial charge in [0.2, 0.25) is 5.88 Å². The van der Waals surface area contributed by atoms with Gasteiger partial charge in [0, 0.05) is 24.1 Å². The van der Waals surface area contributed by atoms with Crippen molar-refractivity contribution in [2.45, 2.75) is 6.92 Å². The third-order valence-electron chi connectivity index (χ3n) is 3.59. The Kier molecular flexibility index (Phi) is 4.54. The highest BCUT2D eigenvalue weighted by atomic mass is 32.1. The van der Waals surface area contributed by atoms with E-state index in [1.165, 1.54) is 6.33 Å². The van der Waals surface area contributed by atoms with Crippen molar-refractivity contribution in [1.82, 2.24) is 29.1 Å². The van der Waals surface area contributed by atoms with Gasteiger partial charge in [0.1, 0.15) is 29.1 Å². The van der Waals surface area contributed by atoms with E-state index in [1.54, 1.807) is 60.5 Å². The topological polar surface area (TPSA) is 108 Å². The molecule has 0 radical (unpaired) electrons. The second-order valence-electron chi connectivity index (χ2n) is 5.45. The molecule has 0 aliphatic heterocycles. The second kappa shape index (κ2) is 7.30. The molecule has 0 unspecified atom stereocenters. The zero-order chi connectivity index (χ0) is 18.6. The third-order valence-corrected chi connectivity index (χ3v) is 4.42. The number of amides is 1. The zero-order valence-electron chi connectivity index (χ0n) is 14.1. The van der Waals surface area contributed by atoms with Crippen molar-refractivity contribution < 1.29 is 9.53 Å². The van der Waals surface area contributed by atoms with Crippen LogP contribution >= 0.6 is 11.5 Å². The molecule has 4 aromatic rings. The summed E-state index contributed by atoms with van der Waals surface area (Å²) in [5, 5.41) is 6.64. The van der Waals surface area contributed by atoms with E-state index in [0.29, 0.717) is 33.7 Å². The number of benzene rings is 1. The first-order valence-electron chi connectivity index (χ1n) is 7.87. The SMILES string of the molecule is Cc1nnsc1C(=O)Nc1ccc(Oc2cc(-n3ccnc3)ncn2)cc1. The Morgan fingerprint density at radius 1 is 1.22 bits per heavy atom. The van der Waals surface area contributed by atoms with Crippen LogP contribution in [-0.2, 0) is 0 Å². The lowest BCUT2D eigenvalue weighted by Crippen LogP contribution is -2.11. The molecule has 4 rings (SSSR count). The van der Waals surface area contributed by atoms with Crippen molar-refractivity contribution in [2.75, 3.05) is 5.32 Å². The number of anilines is 1. The van der Waals surface area contributed by atoms with Crippen LogP contribution in [0.1, 0.15) is 15.4 Å². The monoisotopic (exact) mass is 379 g/mol. The second-order valence-corrected chi connectivity index (χ2v) is 6.21. The fourth-order valence-electron chi connectivity index (χ4n) is 2.28. The van der Waals surface area contributed by atoms with Gasteiger partial charge in [-0.15, -0.1) is 5.10 Å².